The number of urea groups is 1. The highest BCUT2D eigenvalue weighted by Gasteiger charge is 2.36. The quantitative estimate of drug-likeness (QED) is 0.740. The van der Waals surface area contributed by atoms with Crippen molar-refractivity contribution in [2.45, 2.75) is 37.8 Å². The SMILES string of the molecule is O=C(NNc1ccc(F)cc1)C1CCCN1C(=O)NC1CC1. The van der Waals surface area contributed by atoms with Crippen LogP contribution in [-0.2, 0) is 4.79 Å². The average Bonchev–Trinajstić information content (AvgIpc) is 3.18. The molecule has 1 saturated heterocycles. The van der Waals surface area contributed by atoms with Gasteiger partial charge in [-0.1, -0.05) is 0 Å². The molecule has 2 fully saturated rings. The molecule has 3 amide bonds. The molecule has 1 atom stereocenters. The van der Waals surface area contributed by atoms with Gasteiger partial charge in [-0.2, -0.15) is 0 Å². The molecule has 1 unspecified atom stereocenters. The fourth-order valence-corrected chi connectivity index (χ4v) is 2.52. The monoisotopic (exact) mass is 306 g/mol. The van der Waals surface area contributed by atoms with E-state index in [4.69, 9.17) is 0 Å². The number of carbonyl (C=O) groups is 2. The largest absolute Gasteiger partial charge is 0.335 e. The summed E-state index contributed by atoms with van der Waals surface area (Å²) >= 11 is 0. The Labute approximate surface area is 128 Å². The number of rotatable bonds is 4. The van der Waals surface area contributed by atoms with Crippen LogP contribution in [0.5, 0.6) is 0 Å². The highest BCUT2D eigenvalue weighted by molar-refractivity contribution is 5.88. The molecular formula is C15H19FN4O2. The zero-order chi connectivity index (χ0) is 15.5. The molecule has 0 spiro atoms. The Bertz CT molecular complexity index is 559. The maximum atomic E-state index is 12.8. The molecule has 0 radical (unpaired) electrons. The van der Waals surface area contributed by atoms with Crippen molar-refractivity contribution in [1.29, 1.82) is 0 Å². The van der Waals surface area contributed by atoms with Gasteiger partial charge in [0.05, 0.1) is 5.69 Å². The standard InChI is InChI=1S/C15H19FN4O2/c16-10-3-5-12(6-4-10)18-19-14(21)13-2-1-9-20(13)15(22)17-11-7-8-11/h3-6,11,13,18H,1-2,7-9H2,(H,17,22)(H,19,21). The van der Waals surface area contributed by atoms with Gasteiger partial charge in [0.2, 0.25) is 0 Å². The molecule has 7 heteroatoms. The first-order valence-corrected chi connectivity index (χ1v) is 7.52. The first-order chi connectivity index (χ1) is 10.6. The van der Waals surface area contributed by atoms with Crippen LogP contribution in [0.25, 0.3) is 0 Å². The van der Waals surface area contributed by atoms with Gasteiger partial charge in [0.1, 0.15) is 11.9 Å². The minimum Gasteiger partial charge on any atom is -0.335 e. The van der Waals surface area contributed by atoms with E-state index in [9.17, 15) is 14.0 Å². The molecule has 6 nitrogen and oxygen atoms in total. The van der Waals surface area contributed by atoms with Gasteiger partial charge in [0, 0.05) is 12.6 Å². The van der Waals surface area contributed by atoms with Crippen LogP contribution >= 0.6 is 0 Å². The summed E-state index contributed by atoms with van der Waals surface area (Å²) in [5.41, 5.74) is 5.90. The van der Waals surface area contributed by atoms with Crippen LogP contribution in [0.15, 0.2) is 24.3 Å². The Morgan fingerprint density at radius 1 is 1.14 bits per heavy atom. The minimum atomic E-state index is -0.466. The number of carbonyl (C=O) groups excluding carboxylic acids is 2. The van der Waals surface area contributed by atoms with E-state index in [1.807, 2.05) is 0 Å². The van der Waals surface area contributed by atoms with Gasteiger partial charge in [-0.25, -0.2) is 9.18 Å². The number of hydrogen-bond donors (Lipinski definition) is 3. The van der Waals surface area contributed by atoms with Crippen LogP contribution in [0.3, 0.4) is 0 Å². The Kier molecular flexibility index (Phi) is 4.13. The molecule has 1 aromatic rings. The van der Waals surface area contributed by atoms with Crippen LogP contribution in [0.2, 0.25) is 0 Å². The van der Waals surface area contributed by atoms with Crippen LogP contribution in [0.1, 0.15) is 25.7 Å². The molecule has 1 aromatic carbocycles. The van der Waals surface area contributed by atoms with E-state index in [1.54, 1.807) is 4.90 Å². The molecule has 22 heavy (non-hydrogen) atoms. The van der Waals surface area contributed by atoms with Gasteiger partial charge in [0.15, 0.2) is 0 Å². The van der Waals surface area contributed by atoms with Gasteiger partial charge >= 0.3 is 6.03 Å². The third kappa shape index (κ3) is 3.47. The number of nitrogens with zero attached hydrogens (tertiary/aromatic N) is 1. The summed E-state index contributed by atoms with van der Waals surface area (Å²) in [4.78, 5) is 25.9. The Balaban J connectivity index is 1.53. The fourth-order valence-electron chi connectivity index (χ4n) is 2.52. The second kappa shape index (κ2) is 6.21. The van der Waals surface area contributed by atoms with Gasteiger partial charge in [-0.3, -0.25) is 15.6 Å². The first kappa shape index (κ1) is 14.6. The topological polar surface area (TPSA) is 73.5 Å². The fraction of sp³-hybridized carbons (Fsp3) is 0.467. The number of likely N-dealkylation sites (tertiary alicyclic amines) is 1. The lowest BCUT2D eigenvalue weighted by Gasteiger charge is -2.24. The predicted octanol–water partition coefficient (Wildman–Crippen LogP) is 1.61. The minimum absolute atomic E-state index is 0.165. The Morgan fingerprint density at radius 2 is 1.86 bits per heavy atom. The van der Waals surface area contributed by atoms with Crippen molar-refractivity contribution in [2.24, 2.45) is 0 Å². The maximum Gasteiger partial charge on any atom is 0.318 e. The molecule has 1 heterocycles. The highest BCUT2D eigenvalue weighted by Crippen LogP contribution is 2.22. The van der Waals surface area contributed by atoms with E-state index >= 15 is 0 Å². The summed E-state index contributed by atoms with van der Waals surface area (Å²) in [6, 6.07) is 5.31. The van der Waals surface area contributed by atoms with Crippen LogP contribution < -0.4 is 16.2 Å². The zero-order valence-corrected chi connectivity index (χ0v) is 12.1. The van der Waals surface area contributed by atoms with Gasteiger partial charge in [-0.15, -0.1) is 0 Å². The van der Waals surface area contributed by atoms with E-state index in [0.717, 1.165) is 19.3 Å². The second-order valence-corrected chi connectivity index (χ2v) is 5.70. The lowest BCUT2D eigenvalue weighted by atomic mass is 10.2. The molecular weight excluding hydrogens is 287 g/mol. The number of benzene rings is 1. The number of halogens is 1. The lowest BCUT2D eigenvalue weighted by molar-refractivity contribution is -0.124. The third-order valence-electron chi connectivity index (χ3n) is 3.90. The number of hydrogen-bond acceptors (Lipinski definition) is 3. The van der Waals surface area contributed by atoms with Crippen LogP contribution in [0, 0.1) is 5.82 Å². The van der Waals surface area contributed by atoms with Crippen LogP contribution in [0.4, 0.5) is 14.9 Å². The summed E-state index contributed by atoms with van der Waals surface area (Å²) in [6.07, 6.45) is 3.49. The van der Waals surface area contributed by atoms with Crippen molar-refractivity contribution in [1.82, 2.24) is 15.6 Å². The Morgan fingerprint density at radius 3 is 2.55 bits per heavy atom. The molecule has 1 aliphatic carbocycles. The predicted molar refractivity (Wildman–Crippen MR) is 79.4 cm³/mol. The molecule has 0 aromatic heterocycles. The summed E-state index contributed by atoms with van der Waals surface area (Å²) in [5, 5.41) is 2.91. The van der Waals surface area contributed by atoms with Crippen molar-refractivity contribution in [3.8, 4) is 0 Å². The van der Waals surface area contributed by atoms with Crippen LogP contribution in [-0.4, -0.2) is 35.5 Å². The van der Waals surface area contributed by atoms with E-state index < -0.39 is 6.04 Å². The zero-order valence-electron chi connectivity index (χ0n) is 12.1. The highest BCUT2D eigenvalue weighted by atomic mass is 19.1. The molecule has 2 aliphatic rings. The average molecular weight is 306 g/mol. The van der Waals surface area contributed by atoms with E-state index in [2.05, 4.69) is 16.2 Å². The number of anilines is 1. The normalized spacial score (nSPS) is 20.6. The molecule has 1 aliphatic heterocycles. The van der Waals surface area contributed by atoms with Crippen molar-refractivity contribution in [2.75, 3.05) is 12.0 Å². The Hall–Kier alpha value is -2.31. The number of hydrazine groups is 1. The van der Waals surface area contributed by atoms with Crippen molar-refractivity contribution in [3.05, 3.63) is 30.1 Å². The molecule has 0 bridgehead atoms. The summed E-state index contributed by atoms with van der Waals surface area (Å²) in [6.45, 7) is 0.590. The maximum absolute atomic E-state index is 12.8. The van der Waals surface area contributed by atoms with Gasteiger partial charge < -0.3 is 10.2 Å². The molecule has 1 saturated carbocycles. The van der Waals surface area contributed by atoms with Crippen molar-refractivity contribution < 1.29 is 14.0 Å². The van der Waals surface area contributed by atoms with E-state index in [-0.39, 0.29) is 23.8 Å². The molecule has 3 N–H and O–H groups in total. The summed E-state index contributed by atoms with van der Waals surface area (Å²) in [5.74, 6) is -0.594. The van der Waals surface area contributed by atoms with Gasteiger partial charge in [-0.05, 0) is 49.9 Å². The summed E-state index contributed by atoms with van der Waals surface area (Å²) in [7, 11) is 0. The third-order valence-corrected chi connectivity index (χ3v) is 3.90. The van der Waals surface area contributed by atoms with Gasteiger partial charge in [0.25, 0.3) is 5.91 Å². The van der Waals surface area contributed by atoms with Crippen molar-refractivity contribution >= 4 is 17.6 Å². The molecule has 118 valence electrons. The lowest BCUT2D eigenvalue weighted by Crippen LogP contribution is -2.50. The number of amides is 3. The molecule has 3 rings (SSSR count). The van der Waals surface area contributed by atoms with E-state index in [1.165, 1.54) is 24.3 Å². The van der Waals surface area contributed by atoms with Crippen molar-refractivity contribution in [3.63, 3.8) is 0 Å². The first-order valence-electron chi connectivity index (χ1n) is 7.52. The second-order valence-electron chi connectivity index (χ2n) is 5.70. The smallest absolute Gasteiger partial charge is 0.318 e. The number of nitrogens with one attached hydrogen (secondary N) is 3. The van der Waals surface area contributed by atoms with E-state index in [0.29, 0.717) is 18.7 Å². The summed E-state index contributed by atoms with van der Waals surface area (Å²) < 4.78 is 12.8.